The standard InChI is InChI=1S/C12H11BrN2OS/c1-8-7-17-12(14)15(8)6-11(16)9-2-4-10(13)5-3-9/h2-5,7,14H,6H2,1H3/p+1. The molecule has 2 aromatic rings. The van der Waals surface area contributed by atoms with Crippen LogP contribution in [0.2, 0.25) is 0 Å². The molecule has 0 bridgehead atoms. The van der Waals surface area contributed by atoms with Crippen LogP contribution in [0.5, 0.6) is 0 Å². The maximum atomic E-state index is 12.0. The van der Waals surface area contributed by atoms with E-state index in [-0.39, 0.29) is 5.78 Å². The van der Waals surface area contributed by atoms with Crippen LogP contribution in [0.4, 0.5) is 5.13 Å². The van der Waals surface area contributed by atoms with Crippen LogP contribution in [0.3, 0.4) is 0 Å². The number of Topliss-reactive ketones (excluding diaryl/α,β-unsaturated/α-hetero) is 1. The number of aromatic nitrogens is 1. The zero-order chi connectivity index (χ0) is 12.4. The molecule has 1 heterocycles. The third-order valence-corrected chi connectivity index (χ3v) is 3.96. The highest BCUT2D eigenvalue weighted by Crippen LogP contribution is 2.12. The minimum Gasteiger partial charge on any atom is -0.290 e. The van der Waals surface area contributed by atoms with E-state index in [0.29, 0.717) is 17.2 Å². The van der Waals surface area contributed by atoms with Crippen molar-refractivity contribution in [1.29, 1.82) is 0 Å². The summed E-state index contributed by atoms with van der Waals surface area (Å²) >= 11 is 4.80. The number of anilines is 1. The molecule has 0 saturated carbocycles. The Hall–Kier alpha value is -1.20. The molecule has 2 rings (SSSR count). The first-order valence-corrected chi connectivity index (χ1v) is 6.77. The van der Waals surface area contributed by atoms with Crippen molar-refractivity contribution in [2.45, 2.75) is 13.5 Å². The van der Waals surface area contributed by atoms with Gasteiger partial charge < -0.3 is 0 Å². The van der Waals surface area contributed by atoms with Gasteiger partial charge in [-0.25, -0.2) is 4.57 Å². The maximum Gasteiger partial charge on any atom is 0.332 e. The van der Waals surface area contributed by atoms with E-state index in [2.05, 4.69) is 15.9 Å². The number of hydrogen-bond acceptors (Lipinski definition) is 3. The number of halogens is 1. The number of hydrogen-bond donors (Lipinski definition) is 1. The van der Waals surface area contributed by atoms with Crippen molar-refractivity contribution in [3.05, 3.63) is 45.4 Å². The van der Waals surface area contributed by atoms with E-state index < -0.39 is 0 Å². The minimum absolute atomic E-state index is 0.0655. The third kappa shape index (κ3) is 2.73. The van der Waals surface area contributed by atoms with Crippen molar-refractivity contribution < 1.29 is 9.36 Å². The van der Waals surface area contributed by atoms with Crippen LogP contribution in [0, 0.1) is 6.92 Å². The molecule has 0 amide bonds. The van der Waals surface area contributed by atoms with Gasteiger partial charge in [-0.3, -0.25) is 10.5 Å². The number of ketones is 1. The molecule has 0 aliphatic carbocycles. The molecular formula is C12H12BrN2OS+. The van der Waals surface area contributed by atoms with Crippen LogP contribution < -0.4 is 10.3 Å². The second-order valence-corrected chi connectivity index (χ2v) is 5.54. The van der Waals surface area contributed by atoms with Gasteiger partial charge in [0.2, 0.25) is 5.78 Å². The molecular weight excluding hydrogens is 300 g/mol. The van der Waals surface area contributed by atoms with E-state index in [1.807, 2.05) is 41.1 Å². The quantitative estimate of drug-likeness (QED) is 0.699. The fourth-order valence-corrected chi connectivity index (χ4v) is 2.54. The van der Waals surface area contributed by atoms with Gasteiger partial charge in [0.15, 0.2) is 6.54 Å². The number of carbonyl (C=O) groups is 1. The second kappa shape index (κ2) is 4.98. The molecule has 0 saturated heterocycles. The van der Waals surface area contributed by atoms with Crippen LogP contribution in [0.25, 0.3) is 0 Å². The maximum absolute atomic E-state index is 12.0. The molecule has 0 unspecified atom stereocenters. The van der Waals surface area contributed by atoms with Crippen LogP contribution in [-0.4, -0.2) is 5.78 Å². The molecule has 2 N–H and O–H groups in total. The first-order valence-electron chi connectivity index (χ1n) is 5.10. The first-order chi connectivity index (χ1) is 8.08. The molecule has 0 fully saturated rings. The van der Waals surface area contributed by atoms with Gasteiger partial charge in [-0.2, -0.15) is 0 Å². The molecule has 0 atom stereocenters. The lowest BCUT2D eigenvalue weighted by atomic mass is 10.1. The van der Waals surface area contributed by atoms with Gasteiger partial charge in [0.1, 0.15) is 5.69 Å². The average Bonchev–Trinajstić information content (AvgIpc) is 2.61. The Morgan fingerprint density at radius 3 is 2.59 bits per heavy atom. The van der Waals surface area contributed by atoms with Crippen LogP contribution in [0.15, 0.2) is 34.1 Å². The Balaban J connectivity index is 2.20. The average molecular weight is 312 g/mol. The zero-order valence-electron chi connectivity index (χ0n) is 9.31. The van der Waals surface area contributed by atoms with E-state index in [0.717, 1.165) is 10.2 Å². The summed E-state index contributed by atoms with van der Waals surface area (Å²) in [5.74, 6) is 0.0655. The van der Waals surface area contributed by atoms with Gasteiger partial charge in [0.25, 0.3) is 0 Å². The molecule has 0 aliphatic heterocycles. The smallest absolute Gasteiger partial charge is 0.290 e. The first kappa shape index (κ1) is 12.3. The van der Waals surface area contributed by atoms with Crippen molar-refractivity contribution in [1.82, 2.24) is 0 Å². The number of thiazole rings is 1. The van der Waals surface area contributed by atoms with Crippen molar-refractivity contribution in [2.75, 3.05) is 5.73 Å². The van der Waals surface area contributed by atoms with Crippen LogP contribution in [-0.2, 0) is 6.54 Å². The topological polar surface area (TPSA) is 47.0 Å². The lowest BCUT2D eigenvalue weighted by Gasteiger charge is -2.01. The van der Waals surface area contributed by atoms with E-state index in [1.54, 1.807) is 0 Å². The normalized spacial score (nSPS) is 10.5. The molecule has 88 valence electrons. The van der Waals surface area contributed by atoms with E-state index >= 15 is 0 Å². The molecule has 17 heavy (non-hydrogen) atoms. The third-order valence-electron chi connectivity index (χ3n) is 2.51. The summed E-state index contributed by atoms with van der Waals surface area (Å²) < 4.78 is 2.79. The van der Waals surface area contributed by atoms with Crippen molar-refractivity contribution in [3.8, 4) is 0 Å². The Labute approximate surface area is 112 Å². The summed E-state index contributed by atoms with van der Waals surface area (Å²) in [4.78, 5) is 12.0. The fourth-order valence-electron chi connectivity index (χ4n) is 1.52. The van der Waals surface area contributed by atoms with Crippen LogP contribution in [0.1, 0.15) is 16.1 Å². The fraction of sp³-hybridized carbons (Fsp3) is 0.167. The highest BCUT2D eigenvalue weighted by Gasteiger charge is 2.16. The SMILES string of the molecule is Cc1csc(N)[n+]1CC(=O)c1ccc(Br)cc1. The molecule has 5 heteroatoms. The van der Waals surface area contributed by atoms with E-state index in [1.165, 1.54) is 11.3 Å². The van der Waals surface area contributed by atoms with Crippen molar-refractivity contribution >= 4 is 38.2 Å². The molecule has 0 aliphatic rings. The minimum atomic E-state index is 0.0655. The molecule has 1 aromatic heterocycles. The number of nitrogens with two attached hydrogens (primary N) is 1. The number of benzene rings is 1. The summed E-state index contributed by atoms with van der Waals surface area (Å²) in [7, 11) is 0. The molecule has 1 aromatic carbocycles. The van der Waals surface area contributed by atoms with Gasteiger partial charge in [0.05, 0.1) is 0 Å². The Morgan fingerprint density at radius 1 is 1.41 bits per heavy atom. The van der Waals surface area contributed by atoms with E-state index in [9.17, 15) is 4.79 Å². The Bertz CT molecular complexity index is 529. The number of carbonyl (C=O) groups excluding carboxylic acids is 1. The van der Waals surface area contributed by atoms with Gasteiger partial charge in [-0.15, -0.1) is 0 Å². The summed E-state index contributed by atoms with van der Waals surface area (Å²) in [6, 6.07) is 7.35. The molecule has 0 spiro atoms. The van der Waals surface area contributed by atoms with Gasteiger partial charge in [0, 0.05) is 15.4 Å². The summed E-state index contributed by atoms with van der Waals surface area (Å²) in [5, 5.41) is 2.61. The predicted octanol–water partition coefficient (Wildman–Crippen LogP) is 2.57. The largest absolute Gasteiger partial charge is 0.332 e. The second-order valence-electron chi connectivity index (χ2n) is 3.73. The molecule has 3 nitrogen and oxygen atoms in total. The Morgan fingerprint density at radius 2 is 2.06 bits per heavy atom. The van der Waals surface area contributed by atoms with Gasteiger partial charge in [-0.05, 0) is 19.1 Å². The highest BCUT2D eigenvalue weighted by atomic mass is 79.9. The lowest BCUT2D eigenvalue weighted by molar-refractivity contribution is -0.670. The number of aryl methyl sites for hydroxylation is 1. The monoisotopic (exact) mass is 311 g/mol. The predicted molar refractivity (Wildman–Crippen MR) is 72.1 cm³/mol. The number of nitrogen functional groups attached to an aromatic ring is 1. The van der Waals surface area contributed by atoms with Gasteiger partial charge in [-0.1, -0.05) is 39.4 Å². The Kier molecular flexibility index (Phi) is 3.59. The number of nitrogens with zero attached hydrogens (tertiary/aromatic N) is 1. The highest BCUT2D eigenvalue weighted by molar-refractivity contribution is 9.10. The summed E-state index contributed by atoms with van der Waals surface area (Å²) in [6.07, 6.45) is 0. The summed E-state index contributed by atoms with van der Waals surface area (Å²) in [6.45, 7) is 2.24. The molecule has 0 radical (unpaired) electrons. The van der Waals surface area contributed by atoms with Crippen molar-refractivity contribution in [3.63, 3.8) is 0 Å². The lowest BCUT2D eigenvalue weighted by Crippen LogP contribution is -2.41. The van der Waals surface area contributed by atoms with E-state index in [4.69, 9.17) is 5.73 Å². The van der Waals surface area contributed by atoms with Crippen LogP contribution >= 0.6 is 27.3 Å². The zero-order valence-corrected chi connectivity index (χ0v) is 11.7. The van der Waals surface area contributed by atoms with Crippen molar-refractivity contribution in [2.24, 2.45) is 0 Å². The number of rotatable bonds is 3. The summed E-state index contributed by atoms with van der Waals surface area (Å²) in [5.41, 5.74) is 7.53. The van der Waals surface area contributed by atoms with Gasteiger partial charge >= 0.3 is 5.13 Å².